The van der Waals surface area contributed by atoms with Crippen molar-refractivity contribution in [3.63, 3.8) is 0 Å². The van der Waals surface area contributed by atoms with E-state index in [9.17, 15) is 4.79 Å². The Kier molecular flexibility index (Phi) is 1.82. The van der Waals surface area contributed by atoms with Gasteiger partial charge in [-0.15, -0.1) is 0 Å². The summed E-state index contributed by atoms with van der Waals surface area (Å²) in [5.74, 6) is -0.316. The number of aromatic nitrogens is 2. The van der Waals surface area contributed by atoms with E-state index >= 15 is 0 Å². The second-order valence-electron chi connectivity index (χ2n) is 1.97. The number of aliphatic hydroxyl groups excluding tert-OH is 1. The smallest absolute Gasteiger partial charge is 0.206 e. The van der Waals surface area contributed by atoms with Gasteiger partial charge in [-0.3, -0.25) is 4.79 Å². The first-order valence-corrected chi connectivity index (χ1v) is 2.89. The van der Waals surface area contributed by atoms with Gasteiger partial charge in [0, 0.05) is 12.4 Å². The molecule has 0 aromatic carbocycles. The van der Waals surface area contributed by atoms with Crippen molar-refractivity contribution in [2.24, 2.45) is 0 Å². The lowest BCUT2D eigenvalue weighted by Crippen LogP contribution is -2.16. The van der Waals surface area contributed by atoms with Gasteiger partial charge in [-0.05, 0) is 13.0 Å². The molecule has 1 aromatic heterocycles. The first-order chi connectivity index (χ1) is 4.72. The van der Waals surface area contributed by atoms with Crippen LogP contribution in [0.3, 0.4) is 0 Å². The molecule has 0 saturated carbocycles. The highest BCUT2D eigenvalue weighted by Gasteiger charge is 2.10. The lowest BCUT2D eigenvalue weighted by atomic mass is 10.4. The van der Waals surface area contributed by atoms with E-state index in [1.54, 1.807) is 6.07 Å². The van der Waals surface area contributed by atoms with E-state index in [0.717, 1.165) is 0 Å². The third-order valence-corrected chi connectivity index (χ3v) is 1.14. The van der Waals surface area contributed by atoms with Crippen LogP contribution >= 0.6 is 0 Å². The van der Waals surface area contributed by atoms with Crippen molar-refractivity contribution in [1.29, 1.82) is 0 Å². The van der Waals surface area contributed by atoms with Crippen LogP contribution in [0.15, 0.2) is 18.5 Å². The van der Waals surface area contributed by atoms with Crippen LogP contribution in [0.1, 0.15) is 13.2 Å². The minimum atomic E-state index is -1.13. The van der Waals surface area contributed by atoms with E-state index in [2.05, 4.69) is 5.10 Å². The number of hydrogen-bond donors (Lipinski definition) is 1. The van der Waals surface area contributed by atoms with Crippen LogP contribution < -0.4 is 0 Å². The molecule has 1 aromatic rings. The van der Waals surface area contributed by atoms with Crippen LogP contribution in [0.25, 0.3) is 0 Å². The molecule has 0 aliphatic carbocycles. The highest BCUT2D eigenvalue weighted by molar-refractivity contribution is 5.78. The average molecular weight is 140 g/mol. The van der Waals surface area contributed by atoms with Crippen molar-refractivity contribution in [2.45, 2.75) is 13.2 Å². The molecule has 0 amide bonds. The molecule has 1 heterocycles. The molecule has 4 nitrogen and oxygen atoms in total. The molecule has 10 heavy (non-hydrogen) atoms. The fraction of sp³-hybridized carbons (Fsp3) is 0.333. The molecule has 0 radical (unpaired) electrons. The van der Waals surface area contributed by atoms with Gasteiger partial charge in [0.15, 0.2) is 5.78 Å². The van der Waals surface area contributed by atoms with Crippen LogP contribution in [0.2, 0.25) is 0 Å². The van der Waals surface area contributed by atoms with Gasteiger partial charge in [0.05, 0.1) is 0 Å². The van der Waals surface area contributed by atoms with Gasteiger partial charge in [0.2, 0.25) is 6.23 Å². The number of hydrogen-bond acceptors (Lipinski definition) is 3. The molecular weight excluding hydrogens is 132 g/mol. The predicted molar refractivity (Wildman–Crippen MR) is 34.2 cm³/mol. The van der Waals surface area contributed by atoms with Gasteiger partial charge in [-0.25, -0.2) is 4.68 Å². The van der Waals surface area contributed by atoms with Crippen LogP contribution in [0, 0.1) is 0 Å². The molecule has 0 aliphatic heterocycles. The Morgan fingerprint density at radius 3 is 2.90 bits per heavy atom. The largest absolute Gasteiger partial charge is 0.366 e. The highest BCUT2D eigenvalue weighted by Crippen LogP contribution is 1.99. The minimum Gasteiger partial charge on any atom is -0.366 e. The van der Waals surface area contributed by atoms with Crippen molar-refractivity contribution in [3.8, 4) is 0 Å². The van der Waals surface area contributed by atoms with Gasteiger partial charge < -0.3 is 5.11 Å². The topological polar surface area (TPSA) is 55.1 Å². The fourth-order valence-corrected chi connectivity index (χ4v) is 0.612. The normalized spacial score (nSPS) is 13.0. The van der Waals surface area contributed by atoms with E-state index in [1.807, 2.05) is 0 Å². The first-order valence-electron chi connectivity index (χ1n) is 2.89. The second-order valence-corrected chi connectivity index (χ2v) is 1.97. The number of nitrogens with zero attached hydrogens (tertiary/aromatic N) is 2. The summed E-state index contributed by atoms with van der Waals surface area (Å²) in [4.78, 5) is 10.5. The molecule has 0 aliphatic rings. The van der Waals surface area contributed by atoms with E-state index in [4.69, 9.17) is 5.11 Å². The summed E-state index contributed by atoms with van der Waals surface area (Å²) in [6.45, 7) is 1.31. The number of carbonyl (C=O) groups is 1. The summed E-state index contributed by atoms with van der Waals surface area (Å²) in [6.07, 6.45) is 1.91. The fourth-order valence-electron chi connectivity index (χ4n) is 0.612. The maximum absolute atomic E-state index is 10.5. The van der Waals surface area contributed by atoms with Crippen molar-refractivity contribution < 1.29 is 9.90 Å². The summed E-state index contributed by atoms with van der Waals surface area (Å²) in [7, 11) is 0. The molecule has 0 saturated heterocycles. The van der Waals surface area contributed by atoms with E-state index in [0.29, 0.717) is 0 Å². The Bertz CT molecular complexity index is 218. The van der Waals surface area contributed by atoms with Crippen molar-refractivity contribution in [2.75, 3.05) is 0 Å². The third kappa shape index (κ3) is 1.22. The average Bonchev–Trinajstić information content (AvgIpc) is 2.36. The number of rotatable bonds is 2. The molecule has 0 spiro atoms. The molecule has 0 bridgehead atoms. The minimum absolute atomic E-state index is 0.316. The molecule has 1 rings (SSSR count). The van der Waals surface area contributed by atoms with Gasteiger partial charge in [0.1, 0.15) is 0 Å². The van der Waals surface area contributed by atoms with E-state index < -0.39 is 6.23 Å². The van der Waals surface area contributed by atoms with Crippen LogP contribution in [0.4, 0.5) is 0 Å². The van der Waals surface area contributed by atoms with Crippen LogP contribution in [0.5, 0.6) is 0 Å². The molecule has 1 atom stereocenters. The number of aliphatic hydroxyl groups is 1. The molecular formula is C6H8N2O2. The Morgan fingerprint density at radius 1 is 1.80 bits per heavy atom. The summed E-state index contributed by atoms with van der Waals surface area (Å²) in [5.41, 5.74) is 0. The monoisotopic (exact) mass is 140 g/mol. The lowest BCUT2D eigenvalue weighted by Gasteiger charge is -2.04. The first kappa shape index (κ1) is 6.95. The third-order valence-electron chi connectivity index (χ3n) is 1.14. The molecule has 1 unspecified atom stereocenters. The molecule has 54 valence electrons. The van der Waals surface area contributed by atoms with Crippen molar-refractivity contribution in [3.05, 3.63) is 18.5 Å². The Labute approximate surface area is 58.1 Å². The molecule has 4 heteroatoms. The number of carbonyl (C=O) groups excluding carboxylic acids is 1. The second kappa shape index (κ2) is 2.62. The maximum atomic E-state index is 10.5. The van der Waals surface area contributed by atoms with Crippen LogP contribution in [-0.4, -0.2) is 20.7 Å². The van der Waals surface area contributed by atoms with Gasteiger partial charge in [0.25, 0.3) is 0 Å². The highest BCUT2D eigenvalue weighted by atomic mass is 16.3. The standard InChI is InChI=1S/C6H8N2O2/c1-5(9)6(10)8-4-2-3-7-8/h2-4,6,10H,1H3. The Hall–Kier alpha value is -1.16. The van der Waals surface area contributed by atoms with Crippen molar-refractivity contribution >= 4 is 5.78 Å². The van der Waals surface area contributed by atoms with E-state index in [1.165, 1.54) is 24.0 Å². The summed E-state index contributed by atoms with van der Waals surface area (Å²) in [6, 6.07) is 1.64. The molecule has 1 N–H and O–H groups in total. The van der Waals surface area contributed by atoms with Gasteiger partial charge in [-0.2, -0.15) is 5.10 Å². The quantitative estimate of drug-likeness (QED) is 0.627. The zero-order valence-electron chi connectivity index (χ0n) is 5.56. The lowest BCUT2D eigenvalue weighted by molar-refractivity contribution is -0.129. The zero-order chi connectivity index (χ0) is 7.56. The zero-order valence-corrected chi connectivity index (χ0v) is 5.56. The number of ketones is 1. The summed E-state index contributed by atoms with van der Waals surface area (Å²) >= 11 is 0. The van der Waals surface area contributed by atoms with E-state index in [-0.39, 0.29) is 5.78 Å². The summed E-state index contributed by atoms with van der Waals surface area (Å²) < 4.78 is 1.20. The van der Waals surface area contributed by atoms with Gasteiger partial charge in [-0.1, -0.05) is 0 Å². The van der Waals surface area contributed by atoms with Gasteiger partial charge >= 0.3 is 0 Å². The number of Topliss-reactive ketones (excluding diaryl/α,β-unsaturated/α-hetero) is 1. The Morgan fingerprint density at radius 2 is 2.50 bits per heavy atom. The SMILES string of the molecule is CC(=O)C(O)n1cccn1. The predicted octanol–water partition coefficient (Wildman–Crippen LogP) is -0.0370. The molecule has 0 fully saturated rings. The van der Waals surface area contributed by atoms with Crippen LogP contribution in [-0.2, 0) is 4.79 Å². The Balaban J connectivity index is 2.77. The van der Waals surface area contributed by atoms with Crippen molar-refractivity contribution in [1.82, 2.24) is 9.78 Å². The summed E-state index contributed by atoms with van der Waals surface area (Å²) in [5, 5.41) is 12.7. The maximum Gasteiger partial charge on any atom is 0.206 e.